The number of aryl methyl sites for hydroxylation is 1. The second-order valence-corrected chi connectivity index (χ2v) is 3.31. The van der Waals surface area contributed by atoms with E-state index in [1.54, 1.807) is 24.9 Å². The Morgan fingerprint density at radius 3 is 2.88 bits per heavy atom. The van der Waals surface area contributed by atoms with E-state index in [9.17, 15) is 0 Å². The normalized spacial score (nSPS) is 10.1. The van der Waals surface area contributed by atoms with Crippen molar-refractivity contribution >= 4 is 16.7 Å². The maximum absolute atomic E-state index is 9.01. The lowest BCUT2D eigenvalue weighted by Crippen LogP contribution is -2.19. The molecule has 0 saturated heterocycles. The van der Waals surface area contributed by atoms with Crippen molar-refractivity contribution in [3.8, 4) is 6.07 Å². The van der Waals surface area contributed by atoms with Crippen LogP contribution in [0.2, 0.25) is 0 Å². The van der Waals surface area contributed by atoms with Gasteiger partial charge in [0.05, 0.1) is 16.5 Å². The first kappa shape index (κ1) is 10.1. The lowest BCUT2D eigenvalue weighted by Gasteiger charge is -2.08. The molecule has 0 fully saturated rings. The average Bonchev–Trinajstić information content (AvgIpc) is 2.32. The van der Waals surface area contributed by atoms with Crippen molar-refractivity contribution in [2.24, 2.45) is 7.05 Å². The summed E-state index contributed by atoms with van der Waals surface area (Å²) in [6, 6.07) is 2.07. The first-order valence-electron chi connectivity index (χ1n) is 4.65. The largest absolute Gasteiger partial charge is 0.372 e. The molecule has 0 amide bonds. The number of nitrogens with one attached hydrogen (secondary N) is 2. The highest BCUT2D eigenvalue weighted by atomic mass is 15.0. The SMILES string of the molecule is CNc1ncnc2c(C#N)cn(C)c(=N)c12. The Morgan fingerprint density at radius 2 is 2.25 bits per heavy atom. The first-order chi connectivity index (χ1) is 7.69. The van der Waals surface area contributed by atoms with Gasteiger partial charge in [-0.05, 0) is 0 Å². The molecule has 0 radical (unpaired) electrons. The quantitative estimate of drug-likeness (QED) is 0.717. The zero-order valence-electron chi connectivity index (χ0n) is 8.94. The fraction of sp³-hybridized carbons (Fsp3) is 0.200. The summed E-state index contributed by atoms with van der Waals surface area (Å²) in [5, 5.41) is 20.4. The van der Waals surface area contributed by atoms with Gasteiger partial charge in [0.2, 0.25) is 0 Å². The van der Waals surface area contributed by atoms with Crippen LogP contribution in [-0.4, -0.2) is 21.6 Å². The minimum Gasteiger partial charge on any atom is -0.372 e. The minimum absolute atomic E-state index is 0.277. The molecule has 2 N–H and O–H groups in total. The number of nitrogens with zero attached hydrogens (tertiary/aromatic N) is 4. The summed E-state index contributed by atoms with van der Waals surface area (Å²) in [6.45, 7) is 0. The minimum atomic E-state index is 0.277. The smallest absolute Gasteiger partial charge is 0.140 e. The lowest BCUT2D eigenvalue weighted by atomic mass is 10.2. The van der Waals surface area contributed by atoms with Gasteiger partial charge >= 0.3 is 0 Å². The van der Waals surface area contributed by atoms with Crippen molar-refractivity contribution in [2.45, 2.75) is 0 Å². The third kappa shape index (κ3) is 1.30. The maximum atomic E-state index is 9.01. The molecule has 0 aliphatic heterocycles. The second-order valence-electron chi connectivity index (χ2n) is 3.31. The number of hydrogen-bond acceptors (Lipinski definition) is 5. The maximum Gasteiger partial charge on any atom is 0.140 e. The highest BCUT2D eigenvalue weighted by molar-refractivity contribution is 5.91. The van der Waals surface area contributed by atoms with Gasteiger partial charge in [-0.2, -0.15) is 5.26 Å². The summed E-state index contributed by atoms with van der Waals surface area (Å²) in [5.41, 5.74) is 1.22. The van der Waals surface area contributed by atoms with Gasteiger partial charge in [-0.1, -0.05) is 0 Å². The van der Waals surface area contributed by atoms with Crippen LogP contribution < -0.4 is 10.8 Å². The van der Waals surface area contributed by atoms with Gasteiger partial charge in [-0.15, -0.1) is 0 Å². The Balaban J connectivity index is 3.06. The molecule has 0 bridgehead atoms. The molecule has 6 nitrogen and oxygen atoms in total. The Bertz CT molecular complexity index is 649. The van der Waals surface area contributed by atoms with Crippen LogP contribution in [0.5, 0.6) is 0 Å². The zero-order valence-corrected chi connectivity index (χ0v) is 8.94. The summed E-state index contributed by atoms with van der Waals surface area (Å²) in [6.07, 6.45) is 2.98. The number of fused-ring (bicyclic) bond motifs is 1. The first-order valence-corrected chi connectivity index (χ1v) is 4.65. The van der Waals surface area contributed by atoms with Gasteiger partial charge in [0.25, 0.3) is 0 Å². The van der Waals surface area contributed by atoms with Crippen LogP contribution in [0.25, 0.3) is 10.9 Å². The topological polar surface area (TPSA) is 90.4 Å². The Hall–Kier alpha value is -2.42. The number of pyridine rings is 1. The summed E-state index contributed by atoms with van der Waals surface area (Å²) >= 11 is 0. The van der Waals surface area contributed by atoms with Crippen molar-refractivity contribution in [3.05, 3.63) is 23.6 Å². The molecule has 2 rings (SSSR count). The molecule has 0 saturated carbocycles. The van der Waals surface area contributed by atoms with Crippen LogP contribution in [-0.2, 0) is 7.05 Å². The molecule has 80 valence electrons. The highest BCUT2D eigenvalue weighted by Crippen LogP contribution is 2.17. The van der Waals surface area contributed by atoms with Crippen LogP contribution >= 0.6 is 0 Å². The monoisotopic (exact) mass is 214 g/mol. The van der Waals surface area contributed by atoms with E-state index in [-0.39, 0.29) is 5.49 Å². The number of rotatable bonds is 1. The molecule has 0 aromatic carbocycles. The molecule has 2 aromatic heterocycles. The molecule has 2 aromatic rings. The lowest BCUT2D eigenvalue weighted by molar-refractivity contribution is 0.826. The van der Waals surface area contributed by atoms with Crippen LogP contribution in [0.3, 0.4) is 0 Å². The van der Waals surface area contributed by atoms with Gasteiger partial charge in [-0.25, -0.2) is 9.97 Å². The van der Waals surface area contributed by atoms with Gasteiger partial charge in [0, 0.05) is 20.3 Å². The Kier molecular flexibility index (Phi) is 2.29. The molecule has 0 aliphatic rings. The summed E-state index contributed by atoms with van der Waals surface area (Å²) < 4.78 is 1.57. The summed E-state index contributed by atoms with van der Waals surface area (Å²) in [5.74, 6) is 0.558. The molecule has 2 heterocycles. The van der Waals surface area contributed by atoms with Gasteiger partial charge in [-0.3, -0.25) is 5.41 Å². The van der Waals surface area contributed by atoms with Crippen LogP contribution in [0.4, 0.5) is 5.82 Å². The number of hydrogen-bond donors (Lipinski definition) is 2. The molecule has 16 heavy (non-hydrogen) atoms. The van der Waals surface area contributed by atoms with E-state index in [0.29, 0.717) is 22.3 Å². The van der Waals surface area contributed by atoms with E-state index in [0.717, 1.165) is 0 Å². The van der Waals surface area contributed by atoms with E-state index < -0.39 is 0 Å². The fourth-order valence-corrected chi connectivity index (χ4v) is 1.58. The third-order valence-electron chi connectivity index (χ3n) is 2.37. The molecule has 0 unspecified atom stereocenters. The van der Waals surface area contributed by atoms with Crippen molar-refractivity contribution in [1.82, 2.24) is 14.5 Å². The van der Waals surface area contributed by atoms with Crippen LogP contribution in [0.1, 0.15) is 5.56 Å². The Labute approximate surface area is 91.7 Å². The number of nitriles is 1. The van der Waals surface area contributed by atoms with Crippen molar-refractivity contribution < 1.29 is 0 Å². The van der Waals surface area contributed by atoms with Gasteiger partial charge in [0.15, 0.2) is 0 Å². The molecule has 0 aliphatic carbocycles. The number of aromatic nitrogens is 3. The van der Waals surface area contributed by atoms with E-state index in [2.05, 4.69) is 21.4 Å². The van der Waals surface area contributed by atoms with E-state index in [1.807, 2.05) is 0 Å². The molecule has 0 spiro atoms. The van der Waals surface area contributed by atoms with Crippen molar-refractivity contribution in [3.63, 3.8) is 0 Å². The van der Waals surface area contributed by atoms with Crippen LogP contribution in [0, 0.1) is 16.7 Å². The van der Waals surface area contributed by atoms with Gasteiger partial charge in [0.1, 0.15) is 23.7 Å². The van der Waals surface area contributed by atoms with E-state index in [1.165, 1.54) is 6.33 Å². The van der Waals surface area contributed by atoms with Crippen molar-refractivity contribution in [2.75, 3.05) is 12.4 Å². The van der Waals surface area contributed by atoms with Crippen molar-refractivity contribution in [1.29, 1.82) is 10.7 Å². The standard InChI is InChI=1S/C10H10N6/c1-13-10-7-8(14-5-15-10)6(3-11)4-16(2)9(7)12/h4-5,12H,1-2H3,(H,13,14,15). The average molecular weight is 214 g/mol. The highest BCUT2D eigenvalue weighted by Gasteiger charge is 2.10. The summed E-state index contributed by atoms with van der Waals surface area (Å²) in [4.78, 5) is 8.09. The molecular formula is C10H10N6. The molecular weight excluding hydrogens is 204 g/mol. The Morgan fingerprint density at radius 1 is 1.50 bits per heavy atom. The predicted octanol–water partition coefficient (Wildman–Crippen LogP) is 0.361. The fourth-order valence-electron chi connectivity index (χ4n) is 1.58. The van der Waals surface area contributed by atoms with Gasteiger partial charge < -0.3 is 9.88 Å². The number of anilines is 1. The van der Waals surface area contributed by atoms with E-state index in [4.69, 9.17) is 10.7 Å². The summed E-state index contributed by atoms with van der Waals surface area (Å²) in [7, 11) is 3.44. The van der Waals surface area contributed by atoms with Crippen LogP contribution in [0.15, 0.2) is 12.5 Å². The molecule has 6 heteroatoms. The zero-order chi connectivity index (χ0) is 11.7. The van der Waals surface area contributed by atoms with E-state index >= 15 is 0 Å². The predicted molar refractivity (Wildman–Crippen MR) is 58.6 cm³/mol. The third-order valence-corrected chi connectivity index (χ3v) is 2.37. The second kappa shape index (κ2) is 3.62. The molecule has 0 atom stereocenters.